The highest BCUT2D eigenvalue weighted by molar-refractivity contribution is 5.43. The Morgan fingerprint density at radius 1 is 0.778 bits per heavy atom. The second-order valence-corrected chi connectivity index (χ2v) is 5.76. The van der Waals surface area contributed by atoms with Crippen LogP contribution in [0.5, 0.6) is 0 Å². The number of aliphatic hydroxyl groups excluding tert-OH is 1. The molecule has 0 saturated carbocycles. The van der Waals surface area contributed by atoms with Gasteiger partial charge < -0.3 is 5.11 Å². The van der Waals surface area contributed by atoms with Crippen LogP contribution in [0.15, 0.2) is 48.5 Å². The van der Waals surface area contributed by atoms with Gasteiger partial charge in [-0.25, -0.2) is 0 Å². The van der Waals surface area contributed by atoms with Gasteiger partial charge in [0.1, 0.15) is 0 Å². The van der Waals surface area contributed by atoms with Crippen LogP contribution < -0.4 is 0 Å². The second-order valence-electron chi connectivity index (χ2n) is 5.76. The quantitative estimate of drug-likeness (QED) is 0.745. The molecule has 0 fully saturated rings. The monoisotopic (exact) mass is 236 g/mol. The van der Waals surface area contributed by atoms with Crippen molar-refractivity contribution >= 4 is 0 Å². The molecule has 2 aliphatic carbocycles. The van der Waals surface area contributed by atoms with E-state index in [0.29, 0.717) is 0 Å². The van der Waals surface area contributed by atoms with Gasteiger partial charge >= 0.3 is 0 Å². The molecule has 0 radical (unpaired) electrons. The summed E-state index contributed by atoms with van der Waals surface area (Å²) < 4.78 is 0. The average Bonchev–Trinajstić information content (AvgIpc) is 2.89. The Balaban J connectivity index is 1.78. The molecule has 0 aromatic heterocycles. The Morgan fingerprint density at radius 3 is 1.89 bits per heavy atom. The van der Waals surface area contributed by atoms with Gasteiger partial charge in [-0.1, -0.05) is 48.5 Å². The molecule has 0 aliphatic heterocycles. The van der Waals surface area contributed by atoms with E-state index in [2.05, 4.69) is 42.5 Å². The van der Waals surface area contributed by atoms with Crippen LogP contribution in [0, 0.1) is 5.41 Å². The Labute approximate surface area is 107 Å². The lowest BCUT2D eigenvalue weighted by molar-refractivity contribution is 0.0464. The van der Waals surface area contributed by atoms with E-state index in [1.807, 2.05) is 6.07 Å². The Morgan fingerprint density at radius 2 is 1.28 bits per heavy atom. The zero-order valence-electron chi connectivity index (χ0n) is 10.3. The van der Waals surface area contributed by atoms with Crippen molar-refractivity contribution in [3.8, 4) is 0 Å². The van der Waals surface area contributed by atoms with E-state index in [-0.39, 0.29) is 11.5 Å². The van der Waals surface area contributed by atoms with Crippen molar-refractivity contribution in [3.05, 3.63) is 70.8 Å². The molecule has 1 N–H and O–H groups in total. The van der Waals surface area contributed by atoms with Crippen LogP contribution in [0.1, 0.15) is 28.4 Å². The van der Waals surface area contributed by atoms with Crippen molar-refractivity contribution < 1.29 is 5.11 Å². The minimum Gasteiger partial charge on any atom is -0.388 e. The fourth-order valence-corrected chi connectivity index (χ4v) is 3.81. The summed E-state index contributed by atoms with van der Waals surface area (Å²) in [5.41, 5.74) is 5.34. The van der Waals surface area contributed by atoms with Crippen LogP contribution in [0.3, 0.4) is 0 Å². The third-order valence-electron chi connectivity index (χ3n) is 4.68. The minimum atomic E-state index is -0.305. The summed E-state index contributed by atoms with van der Waals surface area (Å²) in [5.74, 6) is 0. The molecule has 0 saturated heterocycles. The van der Waals surface area contributed by atoms with Gasteiger partial charge in [0.15, 0.2) is 0 Å². The molecule has 2 aromatic rings. The van der Waals surface area contributed by atoms with Gasteiger partial charge in [-0.3, -0.25) is 0 Å². The summed E-state index contributed by atoms with van der Waals surface area (Å²) >= 11 is 0. The molecule has 1 atom stereocenters. The Kier molecular flexibility index (Phi) is 1.98. The van der Waals surface area contributed by atoms with Crippen molar-refractivity contribution in [2.45, 2.75) is 25.4 Å². The first-order valence-corrected chi connectivity index (χ1v) is 6.61. The van der Waals surface area contributed by atoms with Crippen LogP contribution in [-0.4, -0.2) is 5.11 Å². The van der Waals surface area contributed by atoms with E-state index in [9.17, 15) is 5.11 Å². The molecule has 1 nitrogen and oxygen atoms in total. The molecule has 2 aliphatic rings. The van der Waals surface area contributed by atoms with Gasteiger partial charge in [0, 0.05) is 5.41 Å². The fraction of sp³-hybridized carbons (Fsp3) is 0.294. The lowest BCUT2D eigenvalue weighted by atomic mass is 9.79. The van der Waals surface area contributed by atoms with Gasteiger partial charge in [-0.15, -0.1) is 0 Å². The van der Waals surface area contributed by atoms with Crippen molar-refractivity contribution in [2.75, 3.05) is 0 Å². The first-order chi connectivity index (χ1) is 8.78. The fourth-order valence-electron chi connectivity index (χ4n) is 3.81. The summed E-state index contributed by atoms with van der Waals surface area (Å²) in [6.07, 6.45) is 2.73. The van der Waals surface area contributed by atoms with Gasteiger partial charge in [-0.05, 0) is 41.5 Å². The molecule has 18 heavy (non-hydrogen) atoms. The molecule has 0 heterocycles. The highest BCUT2D eigenvalue weighted by Crippen LogP contribution is 2.53. The lowest BCUT2D eigenvalue weighted by Crippen LogP contribution is -2.26. The molecule has 90 valence electrons. The first kappa shape index (κ1) is 10.3. The van der Waals surface area contributed by atoms with Crippen LogP contribution in [0.4, 0.5) is 0 Å². The predicted octanol–water partition coefficient (Wildman–Crippen LogP) is 3.06. The maximum Gasteiger partial charge on any atom is 0.0858 e. The summed E-state index contributed by atoms with van der Waals surface area (Å²) in [7, 11) is 0. The summed E-state index contributed by atoms with van der Waals surface area (Å²) in [6, 6.07) is 17.0. The molecule has 1 spiro atoms. The van der Waals surface area contributed by atoms with Crippen molar-refractivity contribution in [1.29, 1.82) is 0 Å². The summed E-state index contributed by atoms with van der Waals surface area (Å²) in [6.45, 7) is 0. The Hall–Kier alpha value is -1.60. The number of hydrogen-bond donors (Lipinski definition) is 1. The zero-order chi connectivity index (χ0) is 12.2. The first-order valence-electron chi connectivity index (χ1n) is 6.61. The molecule has 4 rings (SSSR count). The van der Waals surface area contributed by atoms with E-state index in [1.165, 1.54) is 16.7 Å². The highest BCUT2D eigenvalue weighted by atomic mass is 16.3. The van der Waals surface area contributed by atoms with Crippen LogP contribution >= 0.6 is 0 Å². The summed E-state index contributed by atoms with van der Waals surface area (Å²) in [4.78, 5) is 0. The van der Waals surface area contributed by atoms with Crippen molar-refractivity contribution in [3.63, 3.8) is 0 Å². The Bertz CT molecular complexity index is 584. The van der Waals surface area contributed by atoms with Crippen LogP contribution in [0.25, 0.3) is 0 Å². The molecule has 2 aromatic carbocycles. The summed E-state index contributed by atoms with van der Waals surface area (Å²) in [5, 5.41) is 10.7. The standard InChI is InChI=1S/C17H16O/c18-16-15-8-4-3-7-14(15)11-17(16)9-12-5-1-2-6-13(12)10-17/h1-8,16,18H,9-11H2/t16-/m1/s1. The van der Waals surface area contributed by atoms with E-state index in [0.717, 1.165) is 24.8 Å². The zero-order valence-corrected chi connectivity index (χ0v) is 10.3. The van der Waals surface area contributed by atoms with Crippen molar-refractivity contribution in [2.24, 2.45) is 5.41 Å². The van der Waals surface area contributed by atoms with Gasteiger partial charge in [0.2, 0.25) is 0 Å². The van der Waals surface area contributed by atoms with Crippen LogP contribution in [-0.2, 0) is 19.3 Å². The number of aliphatic hydroxyl groups is 1. The smallest absolute Gasteiger partial charge is 0.0858 e. The SMILES string of the molecule is O[C@@H]1c2ccccc2CC12Cc1ccccc1C2. The number of benzene rings is 2. The number of rotatable bonds is 0. The molecular weight excluding hydrogens is 220 g/mol. The van der Waals surface area contributed by atoms with Gasteiger partial charge in [0.25, 0.3) is 0 Å². The van der Waals surface area contributed by atoms with Crippen LogP contribution in [0.2, 0.25) is 0 Å². The number of fused-ring (bicyclic) bond motifs is 2. The van der Waals surface area contributed by atoms with E-state index in [4.69, 9.17) is 0 Å². The van der Waals surface area contributed by atoms with Gasteiger partial charge in [-0.2, -0.15) is 0 Å². The van der Waals surface area contributed by atoms with E-state index in [1.54, 1.807) is 0 Å². The largest absolute Gasteiger partial charge is 0.388 e. The van der Waals surface area contributed by atoms with Gasteiger partial charge in [0.05, 0.1) is 6.10 Å². The third kappa shape index (κ3) is 1.25. The van der Waals surface area contributed by atoms with Crippen molar-refractivity contribution in [1.82, 2.24) is 0 Å². The van der Waals surface area contributed by atoms with E-state index < -0.39 is 0 Å². The minimum absolute atomic E-state index is 0.0212. The normalized spacial score (nSPS) is 23.1. The highest BCUT2D eigenvalue weighted by Gasteiger charge is 2.48. The third-order valence-corrected chi connectivity index (χ3v) is 4.68. The molecule has 0 amide bonds. The topological polar surface area (TPSA) is 20.2 Å². The van der Waals surface area contributed by atoms with E-state index >= 15 is 0 Å². The molecular formula is C17H16O. The number of hydrogen-bond acceptors (Lipinski definition) is 1. The molecule has 1 heteroatoms. The lowest BCUT2D eigenvalue weighted by Gasteiger charge is -2.27. The molecule has 0 unspecified atom stereocenters. The predicted molar refractivity (Wildman–Crippen MR) is 71.4 cm³/mol. The molecule has 0 bridgehead atoms. The average molecular weight is 236 g/mol. The maximum absolute atomic E-state index is 10.7. The second kappa shape index (κ2) is 3.46. The maximum atomic E-state index is 10.7.